The summed E-state index contributed by atoms with van der Waals surface area (Å²) in [4.78, 5) is 12.0. The Morgan fingerprint density at radius 2 is 2.00 bits per heavy atom. The standard InChI is InChI=1S/C22H22FN3O2/c1-2-3-11-19-15-26(25-24-19)22-18(10-7-12-20(22)23)13-14-21(27)28-16-17-8-5-4-6-9-17/h4-10,12-15H,2-3,11,16H2,1H3/b14-13+. The molecule has 0 unspecified atom stereocenters. The van der Waals surface area contributed by atoms with Crippen LogP contribution in [0.15, 0.2) is 60.8 Å². The van der Waals surface area contributed by atoms with E-state index in [0.717, 1.165) is 30.5 Å². The molecule has 0 radical (unpaired) electrons. The zero-order valence-corrected chi connectivity index (χ0v) is 15.7. The Balaban J connectivity index is 1.73. The summed E-state index contributed by atoms with van der Waals surface area (Å²) in [7, 11) is 0. The van der Waals surface area contributed by atoms with Crippen molar-refractivity contribution in [1.82, 2.24) is 15.0 Å². The Morgan fingerprint density at radius 3 is 2.79 bits per heavy atom. The van der Waals surface area contributed by atoms with Crippen LogP contribution >= 0.6 is 0 Å². The molecule has 0 fully saturated rings. The van der Waals surface area contributed by atoms with Crippen molar-refractivity contribution in [3.8, 4) is 5.69 Å². The zero-order chi connectivity index (χ0) is 19.8. The Morgan fingerprint density at radius 1 is 1.18 bits per heavy atom. The van der Waals surface area contributed by atoms with E-state index >= 15 is 0 Å². The quantitative estimate of drug-likeness (QED) is 0.427. The number of para-hydroxylation sites is 1. The smallest absolute Gasteiger partial charge is 0.331 e. The second kappa shape index (κ2) is 9.60. The third kappa shape index (κ3) is 5.13. The SMILES string of the molecule is CCCCc1cn(-c2c(F)cccc2/C=C/C(=O)OCc2ccccc2)nn1. The average molecular weight is 379 g/mol. The second-order valence-corrected chi connectivity index (χ2v) is 6.36. The fraction of sp³-hybridized carbons (Fsp3) is 0.227. The maximum absolute atomic E-state index is 14.5. The van der Waals surface area contributed by atoms with Gasteiger partial charge in [0.2, 0.25) is 0 Å². The lowest BCUT2D eigenvalue weighted by Crippen LogP contribution is -2.03. The van der Waals surface area contributed by atoms with Crippen molar-refractivity contribution in [2.75, 3.05) is 0 Å². The molecule has 2 aromatic carbocycles. The van der Waals surface area contributed by atoms with E-state index in [2.05, 4.69) is 17.2 Å². The summed E-state index contributed by atoms with van der Waals surface area (Å²) >= 11 is 0. The van der Waals surface area contributed by atoms with Crippen molar-refractivity contribution >= 4 is 12.0 Å². The number of aromatic nitrogens is 3. The minimum atomic E-state index is -0.499. The summed E-state index contributed by atoms with van der Waals surface area (Å²) in [6, 6.07) is 14.1. The number of halogens is 1. The van der Waals surface area contributed by atoms with Crippen LogP contribution < -0.4 is 0 Å². The molecule has 1 heterocycles. The van der Waals surface area contributed by atoms with Crippen LogP contribution in [0.25, 0.3) is 11.8 Å². The highest BCUT2D eigenvalue weighted by Gasteiger charge is 2.12. The average Bonchev–Trinajstić information content (AvgIpc) is 3.18. The number of benzene rings is 2. The molecule has 0 bridgehead atoms. The number of carbonyl (C=O) groups is 1. The van der Waals surface area contributed by atoms with Crippen LogP contribution in [0.3, 0.4) is 0 Å². The first kappa shape index (κ1) is 19.5. The third-order valence-corrected chi connectivity index (χ3v) is 4.20. The molecule has 6 heteroatoms. The van der Waals surface area contributed by atoms with E-state index in [1.165, 1.54) is 22.9 Å². The highest BCUT2D eigenvalue weighted by atomic mass is 19.1. The zero-order valence-electron chi connectivity index (χ0n) is 15.7. The van der Waals surface area contributed by atoms with E-state index in [1.54, 1.807) is 18.3 Å². The van der Waals surface area contributed by atoms with Crippen LogP contribution in [-0.4, -0.2) is 21.0 Å². The Labute approximate surface area is 163 Å². The van der Waals surface area contributed by atoms with E-state index in [0.29, 0.717) is 5.56 Å². The molecular weight excluding hydrogens is 357 g/mol. The fourth-order valence-electron chi connectivity index (χ4n) is 2.72. The fourth-order valence-corrected chi connectivity index (χ4v) is 2.72. The van der Waals surface area contributed by atoms with E-state index in [-0.39, 0.29) is 12.3 Å². The van der Waals surface area contributed by atoms with Crippen LogP contribution in [0, 0.1) is 5.82 Å². The molecule has 0 aliphatic rings. The van der Waals surface area contributed by atoms with Crippen molar-refractivity contribution < 1.29 is 13.9 Å². The van der Waals surface area contributed by atoms with Crippen LogP contribution in [0.1, 0.15) is 36.6 Å². The van der Waals surface area contributed by atoms with Gasteiger partial charge in [-0.25, -0.2) is 13.9 Å². The molecule has 1 aromatic heterocycles. The van der Waals surface area contributed by atoms with Crippen molar-refractivity contribution in [3.05, 3.63) is 83.4 Å². The molecule has 144 valence electrons. The van der Waals surface area contributed by atoms with E-state index in [1.807, 2.05) is 30.3 Å². The van der Waals surface area contributed by atoms with Gasteiger partial charge in [0.1, 0.15) is 18.1 Å². The van der Waals surface area contributed by atoms with Crippen molar-refractivity contribution in [2.45, 2.75) is 32.8 Å². The van der Waals surface area contributed by atoms with Crippen molar-refractivity contribution in [3.63, 3.8) is 0 Å². The van der Waals surface area contributed by atoms with Gasteiger partial charge in [-0.3, -0.25) is 0 Å². The Kier molecular flexibility index (Phi) is 6.68. The normalized spacial score (nSPS) is 11.1. The first-order valence-electron chi connectivity index (χ1n) is 9.26. The molecule has 0 amide bonds. The number of hydrogen-bond acceptors (Lipinski definition) is 4. The molecule has 0 saturated heterocycles. The lowest BCUT2D eigenvalue weighted by molar-refractivity contribution is -0.138. The lowest BCUT2D eigenvalue weighted by Gasteiger charge is -2.07. The minimum absolute atomic E-state index is 0.184. The summed E-state index contributed by atoms with van der Waals surface area (Å²) < 4.78 is 21.1. The van der Waals surface area contributed by atoms with Gasteiger partial charge < -0.3 is 4.74 Å². The molecule has 28 heavy (non-hydrogen) atoms. The number of esters is 1. The monoisotopic (exact) mass is 379 g/mol. The minimum Gasteiger partial charge on any atom is -0.458 e. The van der Waals surface area contributed by atoms with Gasteiger partial charge in [0.25, 0.3) is 0 Å². The lowest BCUT2D eigenvalue weighted by atomic mass is 10.1. The highest BCUT2D eigenvalue weighted by molar-refractivity contribution is 5.87. The van der Waals surface area contributed by atoms with Crippen LogP contribution in [-0.2, 0) is 22.6 Å². The molecule has 5 nitrogen and oxygen atoms in total. The van der Waals surface area contributed by atoms with Gasteiger partial charge in [0.15, 0.2) is 0 Å². The van der Waals surface area contributed by atoms with Gasteiger partial charge in [0.05, 0.1) is 11.9 Å². The molecule has 0 saturated carbocycles. The van der Waals surface area contributed by atoms with Crippen molar-refractivity contribution in [2.24, 2.45) is 0 Å². The summed E-state index contributed by atoms with van der Waals surface area (Å²) in [5, 5.41) is 8.14. The Bertz CT molecular complexity index is 951. The number of nitrogens with zero attached hydrogens (tertiary/aromatic N) is 3. The molecule has 0 spiro atoms. The number of hydrogen-bond donors (Lipinski definition) is 0. The molecule has 3 rings (SSSR count). The number of aryl methyl sites for hydroxylation is 1. The maximum Gasteiger partial charge on any atom is 0.331 e. The highest BCUT2D eigenvalue weighted by Crippen LogP contribution is 2.20. The molecule has 3 aromatic rings. The summed E-state index contributed by atoms with van der Waals surface area (Å²) in [5.41, 5.74) is 2.48. The number of rotatable bonds is 8. The van der Waals surface area contributed by atoms with Crippen LogP contribution in [0.5, 0.6) is 0 Å². The number of ether oxygens (including phenoxy) is 1. The Hall–Kier alpha value is -3.28. The summed E-state index contributed by atoms with van der Waals surface area (Å²) in [6.45, 7) is 2.28. The van der Waals surface area contributed by atoms with Gasteiger partial charge in [-0.05, 0) is 30.5 Å². The van der Waals surface area contributed by atoms with E-state index < -0.39 is 11.8 Å². The third-order valence-electron chi connectivity index (χ3n) is 4.20. The molecule has 0 aliphatic heterocycles. The first-order chi connectivity index (χ1) is 13.7. The largest absolute Gasteiger partial charge is 0.458 e. The number of unbranched alkanes of at least 4 members (excludes halogenated alkanes) is 1. The molecular formula is C22H22FN3O2. The van der Waals surface area contributed by atoms with Gasteiger partial charge >= 0.3 is 5.97 Å². The predicted octanol–water partition coefficient (Wildman–Crippen LogP) is 4.51. The van der Waals surface area contributed by atoms with Gasteiger partial charge in [-0.1, -0.05) is 61.0 Å². The van der Waals surface area contributed by atoms with E-state index in [9.17, 15) is 9.18 Å². The van der Waals surface area contributed by atoms with E-state index in [4.69, 9.17) is 4.74 Å². The maximum atomic E-state index is 14.5. The second-order valence-electron chi connectivity index (χ2n) is 6.36. The molecule has 0 N–H and O–H groups in total. The molecule has 0 aliphatic carbocycles. The van der Waals surface area contributed by atoms with Crippen LogP contribution in [0.2, 0.25) is 0 Å². The van der Waals surface area contributed by atoms with Crippen molar-refractivity contribution in [1.29, 1.82) is 0 Å². The van der Waals surface area contributed by atoms with Crippen LogP contribution in [0.4, 0.5) is 4.39 Å². The first-order valence-corrected chi connectivity index (χ1v) is 9.26. The predicted molar refractivity (Wildman–Crippen MR) is 105 cm³/mol. The van der Waals surface area contributed by atoms with Gasteiger partial charge in [-0.2, -0.15) is 0 Å². The summed E-state index contributed by atoms with van der Waals surface area (Å²) in [6.07, 6.45) is 7.37. The van der Waals surface area contributed by atoms with Gasteiger partial charge in [0, 0.05) is 11.6 Å². The molecule has 0 atom stereocenters. The topological polar surface area (TPSA) is 57.0 Å². The summed E-state index contributed by atoms with van der Waals surface area (Å²) in [5.74, 6) is -0.937. The number of carbonyl (C=O) groups excluding carboxylic acids is 1. The van der Waals surface area contributed by atoms with Gasteiger partial charge in [-0.15, -0.1) is 5.10 Å².